The molecule has 0 saturated heterocycles. The molecule has 0 fully saturated rings. The molecule has 0 radical (unpaired) electrons. The van der Waals surface area contributed by atoms with Gasteiger partial charge in [-0.25, -0.2) is 0 Å². The fraction of sp³-hybridized carbons (Fsp3) is 0. The first-order valence-electron chi connectivity index (χ1n) is 5.64. The zero-order valence-electron chi connectivity index (χ0n) is 9.81. The lowest BCUT2D eigenvalue weighted by Gasteiger charge is -2.04. The second kappa shape index (κ2) is 4.59. The molecule has 0 aliphatic heterocycles. The van der Waals surface area contributed by atoms with E-state index in [2.05, 4.69) is 16.4 Å². The number of benzene rings is 1. The van der Waals surface area contributed by atoms with Crippen molar-refractivity contribution in [1.82, 2.24) is 4.98 Å². The van der Waals surface area contributed by atoms with Gasteiger partial charge < -0.3 is 10.3 Å². The Kier molecular flexibility index (Phi) is 2.78. The summed E-state index contributed by atoms with van der Waals surface area (Å²) in [6.07, 6.45) is 1.80. The van der Waals surface area contributed by atoms with Crippen LogP contribution in [0.3, 0.4) is 0 Å². The van der Waals surface area contributed by atoms with Crippen molar-refractivity contribution in [2.45, 2.75) is 0 Å². The Morgan fingerprint density at radius 3 is 3.05 bits per heavy atom. The standard InChI is InChI=1S/C14H9N3OS/c15-8-10-5-7-19-14(10)17-13(18)11-3-1-2-9-4-6-16-12(9)11/h1-7,16H,(H,17,18). The molecule has 0 aliphatic rings. The van der Waals surface area contributed by atoms with E-state index in [0.717, 1.165) is 10.9 Å². The van der Waals surface area contributed by atoms with Crippen molar-refractivity contribution < 1.29 is 4.79 Å². The first-order chi connectivity index (χ1) is 9.29. The molecule has 1 amide bonds. The second-order valence-corrected chi connectivity index (χ2v) is 4.89. The van der Waals surface area contributed by atoms with Crippen molar-refractivity contribution in [3.63, 3.8) is 0 Å². The van der Waals surface area contributed by atoms with Gasteiger partial charge in [-0.15, -0.1) is 11.3 Å². The van der Waals surface area contributed by atoms with E-state index in [1.807, 2.05) is 18.2 Å². The lowest BCUT2D eigenvalue weighted by molar-refractivity contribution is 0.102. The maximum absolute atomic E-state index is 12.3. The summed E-state index contributed by atoms with van der Waals surface area (Å²) in [5.41, 5.74) is 1.85. The maximum atomic E-state index is 12.3. The van der Waals surface area contributed by atoms with Crippen LogP contribution >= 0.6 is 11.3 Å². The van der Waals surface area contributed by atoms with Crippen LogP contribution in [0, 0.1) is 11.3 Å². The van der Waals surface area contributed by atoms with Gasteiger partial charge in [0.2, 0.25) is 0 Å². The Morgan fingerprint density at radius 2 is 2.21 bits per heavy atom. The molecule has 4 nitrogen and oxygen atoms in total. The highest BCUT2D eigenvalue weighted by Crippen LogP contribution is 2.24. The monoisotopic (exact) mass is 267 g/mol. The summed E-state index contributed by atoms with van der Waals surface area (Å²) < 4.78 is 0. The van der Waals surface area contributed by atoms with E-state index in [1.165, 1.54) is 11.3 Å². The molecular weight excluding hydrogens is 258 g/mol. The number of nitriles is 1. The summed E-state index contributed by atoms with van der Waals surface area (Å²) >= 11 is 1.34. The van der Waals surface area contributed by atoms with Crippen LogP contribution in [0.15, 0.2) is 41.9 Å². The lowest BCUT2D eigenvalue weighted by Crippen LogP contribution is -2.12. The van der Waals surface area contributed by atoms with E-state index in [0.29, 0.717) is 16.1 Å². The summed E-state index contributed by atoms with van der Waals surface area (Å²) in [5, 5.41) is 15.1. The predicted octanol–water partition coefficient (Wildman–Crippen LogP) is 3.35. The highest BCUT2D eigenvalue weighted by Gasteiger charge is 2.13. The fourth-order valence-electron chi connectivity index (χ4n) is 1.94. The Labute approximate surface area is 113 Å². The van der Waals surface area contributed by atoms with Gasteiger partial charge in [0.1, 0.15) is 11.1 Å². The van der Waals surface area contributed by atoms with Gasteiger partial charge in [0, 0.05) is 11.6 Å². The van der Waals surface area contributed by atoms with Crippen molar-refractivity contribution in [1.29, 1.82) is 5.26 Å². The largest absolute Gasteiger partial charge is 0.361 e. The average Bonchev–Trinajstić information content (AvgIpc) is 3.05. The maximum Gasteiger partial charge on any atom is 0.258 e. The van der Waals surface area contributed by atoms with E-state index >= 15 is 0 Å². The van der Waals surface area contributed by atoms with E-state index in [1.54, 1.807) is 23.7 Å². The number of thiophene rings is 1. The zero-order valence-corrected chi connectivity index (χ0v) is 10.6. The number of para-hydroxylation sites is 1. The number of H-pyrrole nitrogens is 1. The van der Waals surface area contributed by atoms with Gasteiger partial charge >= 0.3 is 0 Å². The number of carbonyl (C=O) groups excluding carboxylic acids is 1. The van der Waals surface area contributed by atoms with Gasteiger partial charge in [-0.3, -0.25) is 4.79 Å². The predicted molar refractivity (Wildman–Crippen MR) is 75.3 cm³/mol. The number of hydrogen-bond acceptors (Lipinski definition) is 3. The number of nitrogens with zero attached hydrogens (tertiary/aromatic N) is 1. The molecule has 19 heavy (non-hydrogen) atoms. The molecule has 5 heteroatoms. The smallest absolute Gasteiger partial charge is 0.258 e. The molecule has 0 atom stereocenters. The van der Waals surface area contributed by atoms with Crippen LogP contribution in [0.4, 0.5) is 5.00 Å². The SMILES string of the molecule is N#Cc1ccsc1NC(=O)c1cccc2cc[nH]c12. The van der Waals surface area contributed by atoms with E-state index in [9.17, 15) is 4.79 Å². The summed E-state index contributed by atoms with van der Waals surface area (Å²) in [4.78, 5) is 15.3. The van der Waals surface area contributed by atoms with Crippen LogP contribution < -0.4 is 5.32 Å². The van der Waals surface area contributed by atoms with Gasteiger partial charge in [0.15, 0.2) is 0 Å². The van der Waals surface area contributed by atoms with Gasteiger partial charge in [-0.1, -0.05) is 12.1 Å². The molecule has 3 rings (SSSR count). The number of aromatic amines is 1. The third kappa shape index (κ3) is 1.98. The number of nitrogens with one attached hydrogen (secondary N) is 2. The summed E-state index contributed by atoms with van der Waals surface area (Å²) in [6, 6.07) is 11.2. The number of anilines is 1. The number of amides is 1. The average molecular weight is 267 g/mol. The normalized spacial score (nSPS) is 10.3. The molecule has 0 unspecified atom stereocenters. The minimum absolute atomic E-state index is 0.216. The topological polar surface area (TPSA) is 68.7 Å². The number of aromatic nitrogens is 1. The quantitative estimate of drug-likeness (QED) is 0.747. The molecule has 2 aromatic heterocycles. The third-order valence-electron chi connectivity index (χ3n) is 2.84. The van der Waals surface area contributed by atoms with Crippen LogP contribution in [-0.4, -0.2) is 10.9 Å². The summed E-state index contributed by atoms with van der Waals surface area (Å²) in [6.45, 7) is 0. The third-order valence-corrected chi connectivity index (χ3v) is 3.67. The fourth-order valence-corrected chi connectivity index (χ4v) is 2.67. The van der Waals surface area contributed by atoms with E-state index in [4.69, 9.17) is 5.26 Å². The van der Waals surface area contributed by atoms with E-state index in [-0.39, 0.29) is 5.91 Å². The summed E-state index contributed by atoms with van der Waals surface area (Å²) in [7, 11) is 0. The molecule has 0 bridgehead atoms. The number of carbonyl (C=O) groups is 1. The minimum Gasteiger partial charge on any atom is -0.361 e. The van der Waals surface area contributed by atoms with Crippen molar-refractivity contribution >= 4 is 33.1 Å². The van der Waals surface area contributed by atoms with Crippen LogP contribution in [0.1, 0.15) is 15.9 Å². The molecule has 2 N–H and O–H groups in total. The Hall–Kier alpha value is -2.58. The molecular formula is C14H9N3OS. The van der Waals surface area contributed by atoms with Gasteiger partial charge in [0.25, 0.3) is 5.91 Å². The van der Waals surface area contributed by atoms with Gasteiger partial charge in [-0.05, 0) is 23.6 Å². The van der Waals surface area contributed by atoms with E-state index < -0.39 is 0 Å². The Bertz CT molecular complexity index is 794. The number of rotatable bonds is 2. The van der Waals surface area contributed by atoms with Crippen LogP contribution in [0.25, 0.3) is 10.9 Å². The van der Waals surface area contributed by atoms with Crippen LogP contribution in [0.5, 0.6) is 0 Å². The Morgan fingerprint density at radius 1 is 1.32 bits per heavy atom. The van der Waals surface area contributed by atoms with Crippen molar-refractivity contribution in [3.05, 3.63) is 53.0 Å². The molecule has 0 saturated carbocycles. The first kappa shape index (κ1) is 11.5. The van der Waals surface area contributed by atoms with Gasteiger partial charge in [-0.2, -0.15) is 5.26 Å². The molecule has 2 heterocycles. The highest BCUT2D eigenvalue weighted by atomic mass is 32.1. The second-order valence-electron chi connectivity index (χ2n) is 3.98. The number of fused-ring (bicyclic) bond motifs is 1. The Balaban J connectivity index is 1.97. The lowest BCUT2D eigenvalue weighted by atomic mass is 10.1. The van der Waals surface area contributed by atoms with Gasteiger partial charge in [0.05, 0.1) is 16.6 Å². The molecule has 1 aromatic carbocycles. The van der Waals surface area contributed by atoms with Crippen LogP contribution in [-0.2, 0) is 0 Å². The zero-order chi connectivity index (χ0) is 13.2. The molecule has 3 aromatic rings. The minimum atomic E-state index is -0.216. The van der Waals surface area contributed by atoms with Crippen molar-refractivity contribution in [3.8, 4) is 6.07 Å². The molecule has 92 valence electrons. The first-order valence-corrected chi connectivity index (χ1v) is 6.52. The number of hydrogen-bond donors (Lipinski definition) is 2. The van der Waals surface area contributed by atoms with Crippen molar-refractivity contribution in [2.75, 3.05) is 5.32 Å². The molecule has 0 aliphatic carbocycles. The van der Waals surface area contributed by atoms with Crippen molar-refractivity contribution in [2.24, 2.45) is 0 Å². The van der Waals surface area contributed by atoms with Crippen LogP contribution in [0.2, 0.25) is 0 Å². The molecule has 0 spiro atoms. The summed E-state index contributed by atoms with van der Waals surface area (Å²) in [5.74, 6) is -0.216. The highest BCUT2D eigenvalue weighted by molar-refractivity contribution is 7.14.